The Kier molecular flexibility index (Phi) is 5.47. The lowest BCUT2D eigenvalue weighted by molar-refractivity contribution is 0.101. The van der Waals surface area contributed by atoms with Crippen molar-refractivity contribution < 1.29 is 14.3 Å². The molecule has 2 N–H and O–H groups in total. The van der Waals surface area contributed by atoms with Crippen molar-refractivity contribution in [2.75, 3.05) is 17.7 Å². The van der Waals surface area contributed by atoms with E-state index in [-0.39, 0.29) is 11.8 Å². The normalized spacial score (nSPS) is 10.1. The standard InChI is InChI=1S/C21H19N3O3/c1-14-6-5-8-18(22-14)21(26)23-16-12-10-15(11-13-16)20(25)24-17-7-3-4-9-19(17)27-2/h3-13H,1-2H3,(H,23,26)(H,24,25). The molecule has 0 atom stereocenters. The summed E-state index contributed by atoms with van der Waals surface area (Å²) in [4.78, 5) is 28.8. The molecular formula is C21H19N3O3. The maximum absolute atomic E-state index is 12.4. The van der Waals surface area contributed by atoms with Crippen LogP contribution >= 0.6 is 0 Å². The zero-order chi connectivity index (χ0) is 19.2. The molecule has 6 heteroatoms. The first kappa shape index (κ1) is 18.1. The summed E-state index contributed by atoms with van der Waals surface area (Å²) in [6.07, 6.45) is 0. The van der Waals surface area contributed by atoms with Crippen LogP contribution in [0.4, 0.5) is 11.4 Å². The van der Waals surface area contributed by atoms with Gasteiger partial charge in [0.2, 0.25) is 0 Å². The maximum atomic E-state index is 12.4. The first-order valence-corrected chi connectivity index (χ1v) is 8.36. The fourth-order valence-corrected chi connectivity index (χ4v) is 2.51. The van der Waals surface area contributed by atoms with Crippen LogP contribution in [-0.4, -0.2) is 23.9 Å². The number of carbonyl (C=O) groups excluding carboxylic acids is 2. The van der Waals surface area contributed by atoms with Crippen LogP contribution in [0.1, 0.15) is 26.5 Å². The number of rotatable bonds is 5. The maximum Gasteiger partial charge on any atom is 0.274 e. The van der Waals surface area contributed by atoms with Crippen LogP contribution in [0.2, 0.25) is 0 Å². The molecule has 6 nitrogen and oxygen atoms in total. The molecule has 0 aliphatic rings. The largest absolute Gasteiger partial charge is 0.495 e. The number of para-hydroxylation sites is 2. The molecule has 3 aromatic rings. The lowest BCUT2D eigenvalue weighted by Crippen LogP contribution is -2.15. The van der Waals surface area contributed by atoms with Crippen LogP contribution in [-0.2, 0) is 0 Å². The number of nitrogens with one attached hydrogen (secondary N) is 2. The van der Waals surface area contributed by atoms with Crippen LogP contribution in [0.15, 0.2) is 66.7 Å². The third kappa shape index (κ3) is 4.49. The number of aryl methyl sites for hydroxylation is 1. The SMILES string of the molecule is COc1ccccc1NC(=O)c1ccc(NC(=O)c2cccc(C)n2)cc1. The van der Waals surface area contributed by atoms with Crippen molar-refractivity contribution >= 4 is 23.2 Å². The van der Waals surface area contributed by atoms with Crippen molar-refractivity contribution in [2.45, 2.75) is 6.92 Å². The number of carbonyl (C=O) groups is 2. The van der Waals surface area contributed by atoms with Gasteiger partial charge in [-0.05, 0) is 55.5 Å². The zero-order valence-electron chi connectivity index (χ0n) is 15.0. The number of anilines is 2. The van der Waals surface area contributed by atoms with E-state index in [0.717, 1.165) is 5.69 Å². The number of benzene rings is 2. The molecule has 0 unspecified atom stereocenters. The highest BCUT2D eigenvalue weighted by atomic mass is 16.5. The van der Waals surface area contributed by atoms with E-state index in [1.165, 1.54) is 0 Å². The number of hydrogen-bond donors (Lipinski definition) is 2. The summed E-state index contributed by atoms with van der Waals surface area (Å²) in [5.41, 5.74) is 2.75. The predicted octanol–water partition coefficient (Wildman–Crippen LogP) is 3.90. The third-order valence-corrected chi connectivity index (χ3v) is 3.88. The molecule has 0 saturated heterocycles. The van der Waals surface area contributed by atoms with E-state index >= 15 is 0 Å². The van der Waals surface area contributed by atoms with Crippen LogP contribution in [0, 0.1) is 6.92 Å². The quantitative estimate of drug-likeness (QED) is 0.722. The summed E-state index contributed by atoms with van der Waals surface area (Å²) in [5.74, 6) is 0.0167. The number of pyridine rings is 1. The second-order valence-corrected chi connectivity index (χ2v) is 5.85. The van der Waals surface area contributed by atoms with Gasteiger partial charge in [0.1, 0.15) is 11.4 Å². The van der Waals surface area contributed by atoms with Crippen LogP contribution in [0.3, 0.4) is 0 Å². The van der Waals surface area contributed by atoms with E-state index < -0.39 is 0 Å². The Morgan fingerprint density at radius 3 is 2.30 bits per heavy atom. The average Bonchev–Trinajstić information content (AvgIpc) is 2.69. The van der Waals surface area contributed by atoms with Crippen LogP contribution < -0.4 is 15.4 Å². The van der Waals surface area contributed by atoms with Gasteiger partial charge >= 0.3 is 0 Å². The molecule has 0 spiro atoms. The van der Waals surface area contributed by atoms with Crippen LogP contribution in [0.5, 0.6) is 5.75 Å². The Morgan fingerprint density at radius 1 is 0.852 bits per heavy atom. The van der Waals surface area contributed by atoms with E-state index in [9.17, 15) is 9.59 Å². The van der Waals surface area contributed by atoms with Crippen molar-refractivity contribution in [3.05, 3.63) is 83.7 Å². The van der Waals surface area contributed by atoms with E-state index in [4.69, 9.17) is 4.74 Å². The van der Waals surface area contributed by atoms with Gasteiger partial charge in [0.05, 0.1) is 12.8 Å². The monoisotopic (exact) mass is 361 g/mol. The van der Waals surface area contributed by atoms with Gasteiger partial charge in [-0.2, -0.15) is 0 Å². The molecule has 0 radical (unpaired) electrons. The fourth-order valence-electron chi connectivity index (χ4n) is 2.51. The van der Waals surface area contributed by atoms with Gasteiger partial charge in [0.15, 0.2) is 0 Å². The van der Waals surface area contributed by atoms with Gasteiger partial charge in [-0.1, -0.05) is 18.2 Å². The smallest absolute Gasteiger partial charge is 0.274 e. The highest BCUT2D eigenvalue weighted by Crippen LogP contribution is 2.23. The minimum Gasteiger partial charge on any atom is -0.495 e. The molecule has 0 bridgehead atoms. The topological polar surface area (TPSA) is 80.3 Å². The molecule has 0 fully saturated rings. The van der Waals surface area contributed by atoms with Gasteiger partial charge in [-0.25, -0.2) is 4.98 Å². The molecule has 27 heavy (non-hydrogen) atoms. The van der Waals surface area contributed by atoms with Crippen molar-refractivity contribution in [1.29, 1.82) is 0 Å². The minimum absolute atomic E-state index is 0.266. The first-order chi connectivity index (χ1) is 13.1. The van der Waals surface area contributed by atoms with Gasteiger partial charge in [-0.3, -0.25) is 9.59 Å². The summed E-state index contributed by atoms with van der Waals surface area (Å²) in [6.45, 7) is 1.83. The van der Waals surface area contributed by atoms with Crippen LogP contribution in [0.25, 0.3) is 0 Å². The first-order valence-electron chi connectivity index (χ1n) is 8.36. The number of hydrogen-bond acceptors (Lipinski definition) is 4. The highest BCUT2D eigenvalue weighted by Gasteiger charge is 2.11. The van der Waals surface area contributed by atoms with Crippen molar-refractivity contribution in [3.8, 4) is 5.75 Å². The zero-order valence-corrected chi connectivity index (χ0v) is 15.0. The molecule has 136 valence electrons. The van der Waals surface area contributed by atoms with E-state index in [0.29, 0.717) is 28.4 Å². The molecule has 0 aliphatic heterocycles. The average molecular weight is 361 g/mol. The number of ether oxygens (including phenoxy) is 1. The molecule has 0 saturated carbocycles. The number of methoxy groups -OCH3 is 1. The van der Waals surface area contributed by atoms with E-state index in [1.54, 1.807) is 55.6 Å². The Morgan fingerprint density at radius 2 is 1.59 bits per heavy atom. The molecule has 2 aromatic carbocycles. The minimum atomic E-state index is -0.301. The molecule has 1 heterocycles. The van der Waals surface area contributed by atoms with Crippen molar-refractivity contribution in [1.82, 2.24) is 4.98 Å². The second kappa shape index (κ2) is 8.14. The Balaban J connectivity index is 1.68. The van der Waals surface area contributed by atoms with Gasteiger partial charge in [0.25, 0.3) is 11.8 Å². The lowest BCUT2D eigenvalue weighted by atomic mass is 10.1. The summed E-state index contributed by atoms with van der Waals surface area (Å²) in [7, 11) is 1.55. The summed E-state index contributed by atoms with van der Waals surface area (Å²) >= 11 is 0. The second-order valence-electron chi connectivity index (χ2n) is 5.85. The summed E-state index contributed by atoms with van der Waals surface area (Å²) in [5, 5.41) is 5.58. The van der Waals surface area contributed by atoms with Crippen molar-refractivity contribution in [3.63, 3.8) is 0 Å². The highest BCUT2D eigenvalue weighted by molar-refractivity contribution is 6.06. The lowest BCUT2D eigenvalue weighted by Gasteiger charge is -2.10. The molecule has 2 amide bonds. The Bertz CT molecular complexity index is 968. The van der Waals surface area contributed by atoms with E-state index in [2.05, 4.69) is 15.6 Å². The summed E-state index contributed by atoms with van der Waals surface area (Å²) in [6, 6.07) is 19.1. The summed E-state index contributed by atoms with van der Waals surface area (Å²) < 4.78 is 5.23. The van der Waals surface area contributed by atoms with Gasteiger partial charge in [0, 0.05) is 16.9 Å². The fraction of sp³-hybridized carbons (Fsp3) is 0.0952. The Labute approximate surface area is 157 Å². The number of aromatic nitrogens is 1. The molecule has 0 aliphatic carbocycles. The molecule has 3 rings (SSSR count). The van der Waals surface area contributed by atoms with E-state index in [1.807, 2.05) is 25.1 Å². The number of amides is 2. The Hall–Kier alpha value is -3.67. The number of nitrogens with zero attached hydrogens (tertiary/aromatic N) is 1. The van der Waals surface area contributed by atoms with Gasteiger partial charge in [-0.15, -0.1) is 0 Å². The van der Waals surface area contributed by atoms with Crippen molar-refractivity contribution in [2.24, 2.45) is 0 Å². The predicted molar refractivity (Wildman–Crippen MR) is 104 cm³/mol. The molecule has 1 aromatic heterocycles. The van der Waals surface area contributed by atoms with Gasteiger partial charge < -0.3 is 15.4 Å². The molecular weight excluding hydrogens is 342 g/mol. The third-order valence-electron chi connectivity index (χ3n) is 3.88.